The molecule has 2 aromatic rings. The Hall–Kier alpha value is -2.88. The van der Waals surface area contributed by atoms with E-state index >= 15 is 0 Å². The predicted octanol–water partition coefficient (Wildman–Crippen LogP) is 2.99. The van der Waals surface area contributed by atoms with Crippen LogP contribution in [0, 0.1) is 0 Å². The van der Waals surface area contributed by atoms with Crippen molar-refractivity contribution in [3.05, 3.63) is 35.7 Å². The highest BCUT2D eigenvalue weighted by Crippen LogP contribution is 2.31. The number of amides is 2. The quantitative estimate of drug-likeness (QED) is 0.697. The van der Waals surface area contributed by atoms with E-state index in [2.05, 4.69) is 5.10 Å². The second kappa shape index (κ2) is 8.70. The van der Waals surface area contributed by atoms with E-state index < -0.39 is 22.0 Å². The zero-order valence-corrected chi connectivity index (χ0v) is 19.0. The first-order valence-corrected chi connectivity index (χ1v) is 11.9. The molecule has 0 spiro atoms. The lowest BCUT2D eigenvalue weighted by Crippen LogP contribution is -2.46. The molecule has 1 saturated heterocycles. The van der Waals surface area contributed by atoms with Gasteiger partial charge in [-0.3, -0.25) is 4.79 Å². The Kier molecular flexibility index (Phi) is 6.40. The fraction of sp³-hybridized carbons (Fsp3) is 0.476. The van der Waals surface area contributed by atoms with E-state index in [1.807, 2.05) is 0 Å². The maximum atomic E-state index is 13.6. The van der Waals surface area contributed by atoms with Crippen molar-refractivity contribution >= 4 is 27.5 Å². The molecule has 0 radical (unpaired) electrons. The number of anilines is 1. The average Bonchev–Trinajstić information content (AvgIpc) is 3.31. The summed E-state index contributed by atoms with van der Waals surface area (Å²) in [6, 6.07) is 5.82. The van der Waals surface area contributed by atoms with Crippen LogP contribution in [0.4, 0.5) is 10.5 Å². The van der Waals surface area contributed by atoms with Crippen LogP contribution in [0.15, 0.2) is 34.1 Å². The number of aromatic nitrogens is 2. The molecule has 1 fully saturated rings. The number of rotatable bonds is 7. The Bertz CT molecular complexity index is 1090. The Morgan fingerprint density at radius 2 is 1.84 bits per heavy atom. The van der Waals surface area contributed by atoms with Gasteiger partial charge in [-0.2, -0.15) is 14.9 Å². The highest BCUT2D eigenvalue weighted by molar-refractivity contribution is 7.91. The van der Waals surface area contributed by atoms with Gasteiger partial charge in [-0.25, -0.2) is 13.2 Å². The molecule has 31 heavy (non-hydrogen) atoms. The largest absolute Gasteiger partial charge is 0.464 e. The molecule has 0 unspecified atom stereocenters. The molecule has 10 heteroatoms. The average molecular weight is 449 g/mol. The molecule has 0 saturated carbocycles. The summed E-state index contributed by atoms with van der Waals surface area (Å²) in [6.45, 7) is 7.58. The van der Waals surface area contributed by atoms with Gasteiger partial charge in [-0.05, 0) is 57.4 Å². The van der Waals surface area contributed by atoms with E-state index in [-0.39, 0.29) is 15.7 Å². The van der Waals surface area contributed by atoms with Crippen molar-refractivity contribution in [1.29, 1.82) is 0 Å². The molecule has 2 amide bonds. The van der Waals surface area contributed by atoms with Gasteiger partial charge < -0.3 is 10.0 Å². The molecule has 1 aromatic carbocycles. The summed E-state index contributed by atoms with van der Waals surface area (Å²) in [5.74, 6) is 0.0286. The normalized spacial score (nSPS) is 14.5. The van der Waals surface area contributed by atoms with E-state index in [1.165, 1.54) is 16.9 Å². The lowest BCUT2D eigenvalue weighted by Gasteiger charge is -2.24. The zero-order chi connectivity index (χ0) is 22.9. The first-order chi connectivity index (χ1) is 14.6. The van der Waals surface area contributed by atoms with E-state index in [1.54, 1.807) is 44.7 Å². The minimum absolute atomic E-state index is 0.0286. The molecule has 2 heterocycles. The van der Waals surface area contributed by atoms with Crippen molar-refractivity contribution in [2.45, 2.75) is 69.2 Å². The minimum Gasteiger partial charge on any atom is -0.464 e. The Morgan fingerprint density at radius 3 is 2.29 bits per heavy atom. The topological polar surface area (TPSA) is 113 Å². The molecule has 1 N–H and O–H groups in total. The second-order valence-corrected chi connectivity index (χ2v) is 9.57. The van der Waals surface area contributed by atoms with Crippen LogP contribution >= 0.6 is 0 Å². The van der Waals surface area contributed by atoms with Crippen LogP contribution in [-0.4, -0.2) is 48.0 Å². The summed E-state index contributed by atoms with van der Waals surface area (Å²) >= 11 is 0. The van der Waals surface area contributed by atoms with Gasteiger partial charge in [0, 0.05) is 18.7 Å². The minimum atomic E-state index is -3.95. The van der Waals surface area contributed by atoms with E-state index in [0.29, 0.717) is 42.9 Å². The molecule has 0 atom stereocenters. The Labute approximate surface area is 182 Å². The number of hydrogen-bond donors (Lipinski definition) is 1. The molecule has 0 aliphatic carbocycles. The monoisotopic (exact) mass is 448 g/mol. The summed E-state index contributed by atoms with van der Waals surface area (Å²) in [5.41, 5.74) is 1.31. The summed E-state index contributed by atoms with van der Waals surface area (Å²) < 4.78 is 27.1. The van der Waals surface area contributed by atoms with Gasteiger partial charge in [0.15, 0.2) is 0 Å². The van der Waals surface area contributed by atoms with Crippen molar-refractivity contribution in [2.75, 3.05) is 16.5 Å². The third-order valence-electron chi connectivity index (χ3n) is 5.34. The molecule has 1 aromatic heterocycles. The van der Waals surface area contributed by atoms with Gasteiger partial charge in [0.25, 0.3) is 0 Å². The summed E-state index contributed by atoms with van der Waals surface area (Å²) in [5, 5.41) is 15.0. The molecular formula is C21H28N4O5S. The third kappa shape index (κ3) is 4.04. The summed E-state index contributed by atoms with van der Waals surface area (Å²) in [6.07, 6.45) is 0.694. The Morgan fingerprint density at radius 1 is 1.19 bits per heavy atom. The molecule has 168 valence electrons. The van der Waals surface area contributed by atoms with Gasteiger partial charge >= 0.3 is 6.09 Å². The maximum Gasteiger partial charge on any atom is 0.428 e. The number of hydrogen-bond acceptors (Lipinski definition) is 5. The van der Waals surface area contributed by atoms with Crippen LogP contribution in [0.5, 0.6) is 0 Å². The molecule has 1 aliphatic heterocycles. The number of benzene rings is 1. The zero-order valence-electron chi connectivity index (χ0n) is 18.2. The lowest BCUT2D eigenvalue weighted by molar-refractivity contribution is -0.117. The van der Waals surface area contributed by atoms with Gasteiger partial charge in [0.05, 0.1) is 22.3 Å². The number of nitrogens with zero attached hydrogens (tertiary/aromatic N) is 4. The van der Waals surface area contributed by atoms with Gasteiger partial charge in [0.2, 0.25) is 15.7 Å². The number of sulfone groups is 1. The number of carbonyl (C=O) groups excluding carboxylic acids is 1. The van der Waals surface area contributed by atoms with E-state index in [4.69, 9.17) is 0 Å². The fourth-order valence-electron chi connectivity index (χ4n) is 3.86. The van der Waals surface area contributed by atoms with Crippen molar-refractivity contribution in [1.82, 2.24) is 9.89 Å². The van der Waals surface area contributed by atoms with Crippen LogP contribution < -0.4 is 9.91 Å². The van der Waals surface area contributed by atoms with E-state index in [0.717, 1.165) is 11.4 Å². The lowest BCUT2D eigenvalue weighted by atomic mass is 10.2. The van der Waals surface area contributed by atoms with Crippen molar-refractivity contribution < 1.29 is 23.1 Å². The van der Waals surface area contributed by atoms with Crippen LogP contribution in [-0.2, 0) is 27.5 Å². The molecule has 9 nitrogen and oxygen atoms in total. The first kappa shape index (κ1) is 22.8. The molecule has 0 bridgehead atoms. The van der Waals surface area contributed by atoms with Gasteiger partial charge in [-0.15, -0.1) is 0 Å². The molecule has 3 rings (SSSR count). The molecule has 1 aliphatic rings. The standard InChI is InChI=1S/C21H28N4O5S/c1-5-17-20(18(6-2)25(22-17)24(14(3)4)21(27)28)31(29,30)16-11-9-15(10-12-16)23-13-7-8-19(23)26/h9-12,14H,5-8,13H2,1-4H3,(H,27,28). The van der Waals surface area contributed by atoms with Crippen LogP contribution in [0.1, 0.15) is 51.9 Å². The van der Waals surface area contributed by atoms with Crippen molar-refractivity contribution in [2.24, 2.45) is 0 Å². The highest BCUT2D eigenvalue weighted by atomic mass is 32.2. The predicted molar refractivity (Wildman–Crippen MR) is 116 cm³/mol. The van der Waals surface area contributed by atoms with Crippen molar-refractivity contribution in [3.63, 3.8) is 0 Å². The highest BCUT2D eigenvalue weighted by Gasteiger charge is 2.33. The van der Waals surface area contributed by atoms with Crippen LogP contribution in [0.3, 0.4) is 0 Å². The smallest absolute Gasteiger partial charge is 0.428 e. The van der Waals surface area contributed by atoms with Crippen LogP contribution in [0.25, 0.3) is 0 Å². The van der Waals surface area contributed by atoms with Crippen molar-refractivity contribution in [3.8, 4) is 0 Å². The summed E-state index contributed by atoms with van der Waals surface area (Å²) in [4.78, 5) is 26.8. The third-order valence-corrected chi connectivity index (χ3v) is 7.24. The first-order valence-electron chi connectivity index (χ1n) is 10.4. The van der Waals surface area contributed by atoms with Gasteiger partial charge in [-0.1, -0.05) is 13.8 Å². The summed E-state index contributed by atoms with van der Waals surface area (Å²) in [7, 11) is -3.95. The number of aryl methyl sites for hydroxylation is 1. The second-order valence-electron chi connectivity index (χ2n) is 7.69. The molecular weight excluding hydrogens is 420 g/mol. The van der Waals surface area contributed by atoms with E-state index in [9.17, 15) is 23.1 Å². The van der Waals surface area contributed by atoms with Crippen LogP contribution in [0.2, 0.25) is 0 Å². The number of carbonyl (C=O) groups is 2. The fourth-order valence-corrected chi connectivity index (χ4v) is 5.63. The maximum absolute atomic E-state index is 13.6. The SMILES string of the molecule is CCc1nn(N(C(=O)O)C(C)C)c(CC)c1S(=O)(=O)c1ccc(N2CCCC2=O)cc1. The number of carboxylic acid groups (broad SMARTS) is 1. The van der Waals surface area contributed by atoms with Gasteiger partial charge in [0.1, 0.15) is 4.90 Å². The Balaban J connectivity index is 2.10.